The summed E-state index contributed by atoms with van der Waals surface area (Å²) in [5.74, 6) is -1.29. The Kier molecular flexibility index (Phi) is 2.85. The Morgan fingerprint density at radius 1 is 1.45 bits per heavy atom. The molecule has 0 spiro atoms. The van der Waals surface area contributed by atoms with Crippen LogP contribution in [0, 0.1) is 5.95 Å². The van der Waals surface area contributed by atoms with E-state index in [2.05, 4.69) is 15.3 Å². The van der Waals surface area contributed by atoms with Gasteiger partial charge >= 0.3 is 0 Å². The molecule has 0 radical (unpaired) electrons. The number of pyridine rings is 2. The van der Waals surface area contributed by atoms with Gasteiger partial charge in [0.05, 0.1) is 30.0 Å². The Bertz CT molecular complexity index is 703. The van der Waals surface area contributed by atoms with E-state index < -0.39 is 11.9 Å². The number of aromatic nitrogens is 2. The molecule has 20 heavy (non-hydrogen) atoms. The fraction of sp³-hybridized carbons (Fsp3) is 0.214. The van der Waals surface area contributed by atoms with Gasteiger partial charge in [0, 0.05) is 17.8 Å². The Labute approximate surface area is 114 Å². The fourth-order valence-electron chi connectivity index (χ4n) is 2.29. The zero-order valence-corrected chi connectivity index (χ0v) is 11.0. The molecule has 0 aliphatic carbocycles. The maximum Gasteiger partial charge on any atom is 0.233 e. The largest absolute Gasteiger partial charge is 0.481 e. The highest BCUT2D eigenvalue weighted by Gasteiger charge is 2.29. The fourth-order valence-corrected chi connectivity index (χ4v) is 2.29. The van der Waals surface area contributed by atoms with Gasteiger partial charge in [0.2, 0.25) is 17.7 Å². The number of ether oxygens (including phenoxy) is 1. The number of methoxy groups -OCH3 is 1. The van der Waals surface area contributed by atoms with Crippen LogP contribution >= 0.6 is 0 Å². The monoisotopic (exact) mass is 273 g/mol. The van der Waals surface area contributed by atoms with Gasteiger partial charge in [-0.3, -0.25) is 9.78 Å². The molecule has 1 N–H and O–H groups in total. The van der Waals surface area contributed by atoms with E-state index in [0.717, 1.165) is 0 Å². The third kappa shape index (κ3) is 1.80. The zero-order chi connectivity index (χ0) is 14.3. The van der Waals surface area contributed by atoms with Crippen molar-refractivity contribution in [2.75, 3.05) is 12.4 Å². The molecule has 0 bridgehead atoms. The summed E-state index contributed by atoms with van der Waals surface area (Å²) < 4.78 is 19.2. The predicted molar refractivity (Wildman–Crippen MR) is 71.0 cm³/mol. The van der Waals surface area contributed by atoms with E-state index in [-0.39, 0.29) is 17.4 Å². The molecule has 3 heterocycles. The molecule has 2 aromatic rings. The molecule has 0 saturated carbocycles. The van der Waals surface area contributed by atoms with Crippen molar-refractivity contribution in [3.63, 3.8) is 0 Å². The number of anilines is 1. The average molecular weight is 273 g/mol. The molecule has 1 atom stereocenters. The van der Waals surface area contributed by atoms with Crippen molar-refractivity contribution in [1.29, 1.82) is 0 Å². The van der Waals surface area contributed by atoms with Gasteiger partial charge in [-0.1, -0.05) is 6.07 Å². The number of amides is 1. The molecule has 6 heteroatoms. The molecule has 5 nitrogen and oxygen atoms in total. The van der Waals surface area contributed by atoms with Crippen molar-refractivity contribution < 1.29 is 13.9 Å². The molecule has 0 fully saturated rings. The second-order valence-corrected chi connectivity index (χ2v) is 4.53. The highest BCUT2D eigenvalue weighted by molar-refractivity contribution is 6.02. The maximum absolute atomic E-state index is 14.3. The lowest BCUT2D eigenvalue weighted by atomic mass is 9.98. The van der Waals surface area contributed by atoms with E-state index >= 15 is 0 Å². The van der Waals surface area contributed by atoms with Crippen LogP contribution in [-0.2, 0) is 4.79 Å². The minimum atomic E-state index is -0.692. The molecular weight excluding hydrogens is 261 g/mol. The quantitative estimate of drug-likeness (QED) is 0.810. The molecule has 1 aliphatic rings. The number of carbonyl (C=O) groups is 1. The zero-order valence-electron chi connectivity index (χ0n) is 11.0. The van der Waals surface area contributed by atoms with E-state index in [4.69, 9.17) is 4.74 Å². The highest BCUT2D eigenvalue weighted by Crippen LogP contribution is 2.39. The van der Waals surface area contributed by atoms with Crippen molar-refractivity contribution in [2.45, 2.75) is 12.8 Å². The van der Waals surface area contributed by atoms with Crippen LogP contribution < -0.4 is 10.1 Å². The molecule has 102 valence electrons. The summed E-state index contributed by atoms with van der Waals surface area (Å²) in [6.45, 7) is 1.73. The minimum Gasteiger partial charge on any atom is -0.481 e. The number of hydrogen-bond acceptors (Lipinski definition) is 4. The third-order valence-electron chi connectivity index (χ3n) is 3.33. The van der Waals surface area contributed by atoms with Crippen molar-refractivity contribution >= 4 is 11.6 Å². The van der Waals surface area contributed by atoms with Crippen LogP contribution in [0.25, 0.3) is 11.1 Å². The number of fused-ring (bicyclic) bond motifs is 3. The summed E-state index contributed by atoms with van der Waals surface area (Å²) in [6, 6.07) is 4.94. The van der Waals surface area contributed by atoms with E-state index in [1.807, 2.05) is 0 Å². The van der Waals surface area contributed by atoms with Gasteiger partial charge in [0.15, 0.2) is 0 Å². The first kappa shape index (κ1) is 12.5. The van der Waals surface area contributed by atoms with Crippen LogP contribution in [0.2, 0.25) is 0 Å². The molecule has 0 saturated heterocycles. The first-order chi connectivity index (χ1) is 9.61. The Morgan fingerprint density at radius 2 is 2.25 bits per heavy atom. The second-order valence-electron chi connectivity index (χ2n) is 4.53. The lowest BCUT2D eigenvalue weighted by Crippen LogP contribution is -2.18. The van der Waals surface area contributed by atoms with Crippen LogP contribution in [0.4, 0.5) is 10.1 Å². The summed E-state index contributed by atoms with van der Waals surface area (Å²) in [4.78, 5) is 20.1. The average Bonchev–Trinajstić information content (AvgIpc) is 2.55. The maximum atomic E-state index is 14.3. The SMILES string of the molecule is COc1cc2c(c(F)n1)-c1cccnc1[C@H](C)C(=O)N2. The minimum absolute atomic E-state index is 0.113. The van der Waals surface area contributed by atoms with Gasteiger partial charge < -0.3 is 10.1 Å². The van der Waals surface area contributed by atoms with Crippen molar-refractivity contribution in [3.05, 3.63) is 36.0 Å². The number of nitrogens with one attached hydrogen (secondary N) is 1. The number of hydrogen-bond donors (Lipinski definition) is 1. The number of halogens is 1. The smallest absolute Gasteiger partial charge is 0.233 e. The van der Waals surface area contributed by atoms with Crippen LogP contribution in [0.5, 0.6) is 5.88 Å². The standard InChI is InChI=1S/C14H12FN3O2/c1-7-12-8(4-3-5-16-12)11-9(17-14(7)19)6-10(20-2)18-13(11)15/h3-7H,1-2H3,(H,17,19)/t7-/m0/s1. The van der Waals surface area contributed by atoms with Gasteiger partial charge in [-0.05, 0) is 13.0 Å². The lowest BCUT2D eigenvalue weighted by molar-refractivity contribution is -0.117. The van der Waals surface area contributed by atoms with Crippen LogP contribution in [0.15, 0.2) is 24.4 Å². The number of rotatable bonds is 1. The molecule has 0 unspecified atom stereocenters. The number of nitrogens with zero attached hydrogens (tertiary/aromatic N) is 2. The topological polar surface area (TPSA) is 64.1 Å². The first-order valence-corrected chi connectivity index (χ1v) is 6.12. The van der Waals surface area contributed by atoms with E-state index in [1.54, 1.807) is 25.3 Å². The second kappa shape index (κ2) is 4.56. The molecule has 0 aromatic carbocycles. The van der Waals surface area contributed by atoms with Gasteiger partial charge in [0.25, 0.3) is 0 Å². The summed E-state index contributed by atoms with van der Waals surface area (Å²) in [7, 11) is 1.39. The summed E-state index contributed by atoms with van der Waals surface area (Å²) in [5, 5.41) is 2.70. The van der Waals surface area contributed by atoms with E-state index in [1.165, 1.54) is 13.2 Å². The highest BCUT2D eigenvalue weighted by atomic mass is 19.1. The van der Waals surface area contributed by atoms with Crippen molar-refractivity contribution in [2.24, 2.45) is 0 Å². The van der Waals surface area contributed by atoms with Crippen LogP contribution in [0.1, 0.15) is 18.5 Å². The van der Waals surface area contributed by atoms with Gasteiger partial charge in [0.1, 0.15) is 0 Å². The Hall–Kier alpha value is -2.50. The van der Waals surface area contributed by atoms with Crippen molar-refractivity contribution in [3.8, 4) is 17.0 Å². The lowest BCUT2D eigenvalue weighted by Gasteiger charge is -2.10. The Balaban J connectivity index is 2.33. The normalized spacial score (nSPS) is 16.8. The van der Waals surface area contributed by atoms with E-state index in [9.17, 15) is 9.18 Å². The van der Waals surface area contributed by atoms with Gasteiger partial charge in [-0.25, -0.2) is 0 Å². The van der Waals surface area contributed by atoms with Crippen molar-refractivity contribution in [1.82, 2.24) is 9.97 Å². The van der Waals surface area contributed by atoms with Gasteiger partial charge in [-0.2, -0.15) is 9.37 Å². The molecule has 1 aliphatic heterocycles. The third-order valence-corrected chi connectivity index (χ3v) is 3.33. The predicted octanol–water partition coefficient (Wildman–Crippen LogP) is 2.35. The summed E-state index contributed by atoms with van der Waals surface area (Å²) in [5.41, 5.74) is 1.69. The molecule has 2 aromatic heterocycles. The molecular formula is C14H12FN3O2. The van der Waals surface area contributed by atoms with Crippen LogP contribution in [0.3, 0.4) is 0 Å². The molecule has 1 amide bonds. The summed E-state index contributed by atoms with van der Waals surface area (Å²) >= 11 is 0. The summed E-state index contributed by atoms with van der Waals surface area (Å²) in [6.07, 6.45) is 1.59. The first-order valence-electron chi connectivity index (χ1n) is 6.12. The number of carbonyl (C=O) groups excluding carboxylic acids is 1. The molecule has 3 rings (SSSR count). The van der Waals surface area contributed by atoms with Crippen LogP contribution in [-0.4, -0.2) is 23.0 Å². The van der Waals surface area contributed by atoms with Gasteiger partial charge in [-0.15, -0.1) is 0 Å². The van der Waals surface area contributed by atoms with E-state index in [0.29, 0.717) is 16.9 Å². The Morgan fingerprint density at radius 3 is 3.00 bits per heavy atom.